The lowest BCUT2D eigenvalue weighted by molar-refractivity contribution is -0.137. The van der Waals surface area contributed by atoms with Crippen LogP contribution in [0.25, 0.3) is 0 Å². The molecule has 0 aromatic carbocycles. The summed E-state index contributed by atoms with van der Waals surface area (Å²) in [4.78, 5) is 24.6. The Bertz CT molecular complexity index is 483. The Kier molecular flexibility index (Phi) is 4.79. The van der Waals surface area contributed by atoms with E-state index in [0.29, 0.717) is 31.0 Å². The molecule has 20 heavy (non-hydrogen) atoms. The van der Waals surface area contributed by atoms with Crippen LogP contribution in [0.2, 0.25) is 0 Å². The molecule has 2 heterocycles. The molecule has 1 unspecified atom stereocenters. The highest BCUT2D eigenvalue weighted by molar-refractivity contribution is 5.91. The van der Waals surface area contributed by atoms with Crippen LogP contribution in [0.1, 0.15) is 42.0 Å². The van der Waals surface area contributed by atoms with Crippen molar-refractivity contribution in [3.63, 3.8) is 0 Å². The fourth-order valence-electron chi connectivity index (χ4n) is 2.57. The summed E-state index contributed by atoms with van der Waals surface area (Å²) >= 11 is 0. The van der Waals surface area contributed by atoms with Crippen molar-refractivity contribution in [2.45, 2.75) is 32.2 Å². The van der Waals surface area contributed by atoms with Crippen LogP contribution in [0.5, 0.6) is 0 Å². The Hall–Kier alpha value is -1.82. The lowest BCUT2D eigenvalue weighted by Crippen LogP contribution is -2.39. The van der Waals surface area contributed by atoms with E-state index < -0.39 is 5.97 Å². The molecular formula is C14H20N2O4. The van der Waals surface area contributed by atoms with Crippen LogP contribution >= 0.6 is 0 Å². The Morgan fingerprint density at radius 1 is 1.45 bits per heavy atom. The normalized spacial score (nSPS) is 19.1. The number of carboxylic acids is 1. The lowest BCUT2D eigenvalue weighted by atomic mass is 9.93. The van der Waals surface area contributed by atoms with E-state index in [1.165, 1.54) is 0 Å². The second-order valence-corrected chi connectivity index (χ2v) is 5.16. The van der Waals surface area contributed by atoms with Gasteiger partial charge in [-0.15, -0.1) is 0 Å². The van der Waals surface area contributed by atoms with Crippen LogP contribution < -0.4 is 5.73 Å². The largest absolute Gasteiger partial charge is 0.481 e. The standard InChI is InChI=1S/C14H20N2O4/c15-8-11-4-5-12(20-11)14(19)16-7-1-2-10(9-16)3-6-13(17)18/h4-5,10H,1-3,6-9,15H2,(H,17,18). The number of piperidine rings is 1. The minimum atomic E-state index is -0.785. The Morgan fingerprint density at radius 2 is 2.25 bits per heavy atom. The monoisotopic (exact) mass is 280 g/mol. The van der Waals surface area contributed by atoms with Gasteiger partial charge in [-0.05, 0) is 37.3 Å². The third kappa shape index (κ3) is 3.60. The van der Waals surface area contributed by atoms with E-state index in [1.54, 1.807) is 17.0 Å². The highest BCUT2D eigenvalue weighted by Gasteiger charge is 2.26. The third-order valence-corrected chi connectivity index (χ3v) is 3.65. The zero-order valence-electron chi connectivity index (χ0n) is 11.4. The minimum Gasteiger partial charge on any atom is -0.481 e. The topological polar surface area (TPSA) is 96.8 Å². The highest BCUT2D eigenvalue weighted by atomic mass is 16.4. The van der Waals surface area contributed by atoms with Gasteiger partial charge >= 0.3 is 5.97 Å². The van der Waals surface area contributed by atoms with Gasteiger partial charge in [0.05, 0.1) is 6.54 Å². The quantitative estimate of drug-likeness (QED) is 0.851. The molecule has 1 aliphatic heterocycles. The van der Waals surface area contributed by atoms with Gasteiger partial charge < -0.3 is 20.2 Å². The number of hydrogen-bond donors (Lipinski definition) is 2. The van der Waals surface area contributed by atoms with Crippen molar-refractivity contribution in [2.75, 3.05) is 13.1 Å². The molecule has 0 aliphatic carbocycles. The summed E-state index contributed by atoms with van der Waals surface area (Å²) in [5.74, 6) is 0.238. The van der Waals surface area contributed by atoms with Crippen molar-refractivity contribution in [1.82, 2.24) is 4.90 Å². The molecule has 6 nitrogen and oxygen atoms in total. The van der Waals surface area contributed by atoms with Gasteiger partial charge in [0.2, 0.25) is 0 Å². The highest BCUT2D eigenvalue weighted by Crippen LogP contribution is 2.23. The first-order valence-corrected chi connectivity index (χ1v) is 6.90. The van der Waals surface area contributed by atoms with Gasteiger partial charge in [0.1, 0.15) is 5.76 Å². The fraction of sp³-hybridized carbons (Fsp3) is 0.571. The van der Waals surface area contributed by atoms with E-state index in [1.807, 2.05) is 0 Å². The summed E-state index contributed by atoms with van der Waals surface area (Å²) in [7, 11) is 0. The maximum atomic E-state index is 12.3. The lowest BCUT2D eigenvalue weighted by Gasteiger charge is -2.32. The summed E-state index contributed by atoms with van der Waals surface area (Å²) in [5.41, 5.74) is 5.46. The third-order valence-electron chi connectivity index (χ3n) is 3.65. The first-order chi connectivity index (χ1) is 9.60. The molecule has 3 N–H and O–H groups in total. The van der Waals surface area contributed by atoms with Crippen LogP contribution in [0.4, 0.5) is 0 Å². The molecule has 1 fully saturated rings. The molecule has 0 spiro atoms. The predicted octanol–water partition coefficient (Wildman–Crippen LogP) is 1.46. The molecule has 1 aromatic heterocycles. The zero-order chi connectivity index (χ0) is 14.5. The minimum absolute atomic E-state index is 0.135. The number of aliphatic carboxylic acids is 1. The number of likely N-dealkylation sites (tertiary alicyclic amines) is 1. The summed E-state index contributed by atoms with van der Waals surface area (Å²) in [6, 6.07) is 3.35. The van der Waals surface area contributed by atoms with Gasteiger partial charge in [0.25, 0.3) is 5.91 Å². The average Bonchev–Trinajstić information content (AvgIpc) is 2.93. The smallest absolute Gasteiger partial charge is 0.303 e. The molecule has 6 heteroatoms. The fourth-order valence-corrected chi connectivity index (χ4v) is 2.57. The molecule has 1 amide bonds. The number of carbonyl (C=O) groups excluding carboxylic acids is 1. The van der Waals surface area contributed by atoms with E-state index >= 15 is 0 Å². The van der Waals surface area contributed by atoms with Crippen LogP contribution in [0, 0.1) is 5.92 Å². The molecule has 1 aromatic rings. The second-order valence-electron chi connectivity index (χ2n) is 5.16. The molecule has 1 saturated heterocycles. The van der Waals surface area contributed by atoms with Crippen molar-refractivity contribution in [3.05, 3.63) is 23.7 Å². The molecule has 0 saturated carbocycles. The number of hydrogen-bond acceptors (Lipinski definition) is 4. The summed E-state index contributed by atoms with van der Waals surface area (Å²) in [5, 5.41) is 8.72. The maximum Gasteiger partial charge on any atom is 0.303 e. The van der Waals surface area contributed by atoms with Crippen molar-refractivity contribution >= 4 is 11.9 Å². The van der Waals surface area contributed by atoms with Gasteiger partial charge in [-0.25, -0.2) is 0 Å². The number of amides is 1. The summed E-state index contributed by atoms with van der Waals surface area (Å²) in [6.07, 6.45) is 2.65. The molecular weight excluding hydrogens is 260 g/mol. The van der Waals surface area contributed by atoms with Crippen LogP contribution in [-0.4, -0.2) is 35.0 Å². The summed E-state index contributed by atoms with van der Waals surface area (Å²) < 4.78 is 5.37. The number of furan rings is 1. The van der Waals surface area contributed by atoms with E-state index in [-0.39, 0.29) is 24.8 Å². The number of nitrogens with zero attached hydrogens (tertiary/aromatic N) is 1. The Balaban J connectivity index is 1.94. The number of rotatable bonds is 5. The van der Waals surface area contributed by atoms with Crippen molar-refractivity contribution in [1.29, 1.82) is 0 Å². The Labute approximate surface area is 117 Å². The SMILES string of the molecule is NCc1ccc(C(=O)N2CCCC(CCC(=O)O)C2)o1. The van der Waals surface area contributed by atoms with E-state index in [9.17, 15) is 9.59 Å². The van der Waals surface area contributed by atoms with Gasteiger partial charge in [-0.1, -0.05) is 0 Å². The predicted molar refractivity (Wildman–Crippen MR) is 72.1 cm³/mol. The average molecular weight is 280 g/mol. The van der Waals surface area contributed by atoms with Crippen LogP contribution in [-0.2, 0) is 11.3 Å². The van der Waals surface area contributed by atoms with E-state index in [2.05, 4.69) is 0 Å². The van der Waals surface area contributed by atoms with E-state index in [0.717, 1.165) is 12.8 Å². The first kappa shape index (κ1) is 14.6. The van der Waals surface area contributed by atoms with Crippen LogP contribution in [0.3, 0.4) is 0 Å². The Morgan fingerprint density at radius 3 is 2.90 bits per heavy atom. The molecule has 1 aliphatic rings. The zero-order valence-corrected chi connectivity index (χ0v) is 11.4. The van der Waals surface area contributed by atoms with Crippen LogP contribution in [0.15, 0.2) is 16.5 Å². The number of nitrogens with two attached hydrogens (primary N) is 1. The molecule has 1 atom stereocenters. The van der Waals surface area contributed by atoms with Gasteiger partial charge in [0, 0.05) is 19.5 Å². The van der Waals surface area contributed by atoms with Crippen molar-refractivity contribution in [3.8, 4) is 0 Å². The van der Waals surface area contributed by atoms with Gasteiger partial charge in [0.15, 0.2) is 5.76 Å². The van der Waals surface area contributed by atoms with Crippen molar-refractivity contribution < 1.29 is 19.1 Å². The molecule has 110 valence electrons. The first-order valence-electron chi connectivity index (χ1n) is 6.90. The molecule has 0 bridgehead atoms. The second kappa shape index (κ2) is 6.56. The van der Waals surface area contributed by atoms with Gasteiger partial charge in [-0.3, -0.25) is 9.59 Å². The van der Waals surface area contributed by atoms with Crippen molar-refractivity contribution in [2.24, 2.45) is 11.7 Å². The molecule has 0 radical (unpaired) electrons. The van der Waals surface area contributed by atoms with E-state index in [4.69, 9.17) is 15.3 Å². The van der Waals surface area contributed by atoms with Gasteiger partial charge in [-0.2, -0.15) is 0 Å². The number of carboxylic acid groups (broad SMARTS) is 1. The summed E-state index contributed by atoms with van der Waals surface area (Å²) in [6.45, 7) is 1.57. The maximum absolute atomic E-state index is 12.3. The number of carbonyl (C=O) groups is 2. The molecule has 2 rings (SSSR count).